The molecule has 0 bridgehead atoms. The van der Waals surface area contributed by atoms with Gasteiger partial charge in [0.25, 0.3) is 0 Å². The van der Waals surface area contributed by atoms with Crippen LogP contribution >= 0.6 is 0 Å². The van der Waals surface area contributed by atoms with Crippen LogP contribution in [0.25, 0.3) is 0 Å². The van der Waals surface area contributed by atoms with E-state index in [1.165, 1.54) is 6.92 Å². The smallest absolute Gasteiger partial charge is 0.227 e. The Bertz CT molecular complexity index is 648. The van der Waals surface area contributed by atoms with Gasteiger partial charge >= 0.3 is 0 Å². The van der Waals surface area contributed by atoms with E-state index in [-0.39, 0.29) is 29.7 Å². The summed E-state index contributed by atoms with van der Waals surface area (Å²) in [6.07, 6.45) is 2.02. The molecule has 1 aliphatic heterocycles. The summed E-state index contributed by atoms with van der Waals surface area (Å²) < 4.78 is 5.57. The zero-order valence-corrected chi connectivity index (χ0v) is 14.8. The number of amides is 2. The van der Waals surface area contributed by atoms with Gasteiger partial charge in [0.2, 0.25) is 11.8 Å². The Labute approximate surface area is 148 Å². The van der Waals surface area contributed by atoms with E-state index in [0.29, 0.717) is 18.3 Å². The summed E-state index contributed by atoms with van der Waals surface area (Å²) in [6, 6.07) is 6.86. The maximum Gasteiger partial charge on any atom is 0.227 e. The van der Waals surface area contributed by atoms with Crippen molar-refractivity contribution in [3.63, 3.8) is 0 Å². The maximum atomic E-state index is 12.6. The number of phenols is 1. The lowest BCUT2D eigenvalue weighted by Crippen LogP contribution is -2.49. The molecule has 1 aliphatic carbocycles. The average molecular weight is 346 g/mol. The van der Waals surface area contributed by atoms with Crippen molar-refractivity contribution in [2.75, 3.05) is 20.2 Å². The quantitative estimate of drug-likeness (QED) is 0.862. The molecule has 0 spiro atoms. The number of likely N-dealkylation sites (tertiary alicyclic amines) is 1. The number of ether oxygens (including phenoxy) is 1. The minimum atomic E-state index is -0.0414. The molecule has 0 radical (unpaired) electrons. The molecule has 1 aromatic rings. The summed E-state index contributed by atoms with van der Waals surface area (Å²) in [7, 11) is 1.68. The molecule has 136 valence electrons. The second-order valence-corrected chi connectivity index (χ2v) is 7.22. The summed E-state index contributed by atoms with van der Waals surface area (Å²) in [5, 5.41) is 12.5. The second kappa shape index (κ2) is 7.44. The van der Waals surface area contributed by atoms with Crippen LogP contribution in [0.3, 0.4) is 0 Å². The third-order valence-electron chi connectivity index (χ3n) is 5.43. The van der Waals surface area contributed by atoms with Gasteiger partial charge in [-0.1, -0.05) is 12.1 Å². The van der Waals surface area contributed by atoms with Gasteiger partial charge in [0.05, 0.1) is 18.6 Å². The molecule has 25 heavy (non-hydrogen) atoms. The van der Waals surface area contributed by atoms with E-state index in [2.05, 4.69) is 5.32 Å². The number of nitrogens with one attached hydrogen (secondary N) is 1. The number of aromatic hydroxyl groups is 1. The van der Waals surface area contributed by atoms with Crippen LogP contribution in [-0.4, -0.2) is 54.2 Å². The fraction of sp³-hybridized carbons (Fsp3) is 0.579. The first-order chi connectivity index (χ1) is 12.0. The van der Waals surface area contributed by atoms with E-state index in [9.17, 15) is 14.7 Å². The molecule has 2 amide bonds. The maximum absolute atomic E-state index is 12.6. The Morgan fingerprint density at radius 1 is 1.28 bits per heavy atom. The predicted octanol–water partition coefficient (Wildman–Crippen LogP) is 1.32. The lowest BCUT2D eigenvalue weighted by Gasteiger charge is -2.37. The lowest BCUT2D eigenvalue weighted by atomic mass is 9.77. The number of carbonyl (C=O) groups is 2. The first kappa shape index (κ1) is 17.7. The Morgan fingerprint density at radius 2 is 2.00 bits per heavy atom. The first-order valence-electron chi connectivity index (χ1n) is 8.82. The van der Waals surface area contributed by atoms with Crippen molar-refractivity contribution in [1.29, 1.82) is 0 Å². The van der Waals surface area contributed by atoms with E-state index in [0.717, 1.165) is 31.5 Å². The van der Waals surface area contributed by atoms with Crippen LogP contribution in [0.4, 0.5) is 0 Å². The Kier molecular flexibility index (Phi) is 5.27. The number of benzene rings is 1. The van der Waals surface area contributed by atoms with Crippen molar-refractivity contribution in [1.82, 2.24) is 10.2 Å². The van der Waals surface area contributed by atoms with Crippen LogP contribution in [0, 0.1) is 11.8 Å². The molecule has 2 fully saturated rings. The van der Waals surface area contributed by atoms with Gasteiger partial charge in [0.1, 0.15) is 5.75 Å². The average Bonchev–Trinajstić information content (AvgIpc) is 2.96. The molecule has 3 rings (SSSR count). The van der Waals surface area contributed by atoms with Gasteiger partial charge < -0.3 is 20.1 Å². The monoisotopic (exact) mass is 346 g/mol. The Balaban J connectivity index is 1.62. The number of nitrogens with zero attached hydrogens (tertiary/aromatic N) is 1. The molecule has 4 atom stereocenters. The molecule has 0 unspecified atom stereocenters. The lowest BCUT2D eigenvalue weighted by molar-refractivity contribution is -0.129. The number of hydrogen-bond acceptors (Lipinski definition) is 4. The van der Waals surface area contributed by atoms with Crippen molar-refractivity contribution >= 4 is 11.8 Å². The third kappa shape index (κ3) is 4.12. The molecule has 1 aromatic carbocycles. The van der Waals surface area contributed by atoms with Crippen LogP contribution in [0.5, 0.6) is 5.75 Å². The number of rotatable bonds is 4. The zero-order chi connectivity index (χ0) is 18.0. The van der Waals surface area contributed by atoms with Crippen LogP contribution in [0.15, 0.2) is 24.3 Å². The highest BCUT2D eigenvalue weighted by atomic mass is 16.5. The number of fused-ring (bicyclic) bond motifs is 1. The minimum absolute atomic E-state index is 0.00581. The summed E-state index contributed by atoms with van der Waals surface area (Å²) in [5.74, 6) is 1.05. The van der Waals surface area contributed by atoms with E-state index >= 15 is 0 Å². The van der Waals surface area contributed by atoms with E-state index in [1.807, 2.05) is 11.0 Å². The van der Waals surface area contributed by atoms with Crippen molar-refractivity contribution in [2.24, 2.45) is 11.8 Å². The minimum Gasteiger partial charge on any atom is -0.508 e. The second-order valence-electron chi connectivity index (χ2n) is 7.22. The fourth-order valence-electron chi connectivity index (χ4n) is 4.24. The van der Waals surface area contributed by atoms with Gasteiger partial charge in [0, 0.05) is 27.1 Å². The Morgan fingerprint density at radius 3 is 2.64 bits per heavy atom. The van der Waals surface area contributed by atoms with E-state index in [1.54, 1.807) is 25.3 Å². The number of carbonyl (C=O) groups excluding carboxylic acids is 2. The molecule has 2 aliphatic rings. The molecule has 0 aromatic heterocycles. The number of methoxy groups -OCH3 is 1. The highest BCUT2D eigenvalue weighted by Crippen LogP contribution is 2.37. The summed E-state index contributed by atoms with van der Waals surface area (Å²) in [6.45, 7) is 3.00. The molecule has 6 nitrogen and oxygen atoms in total. The highest BCUT2D eigenvalue weighted by Gasteiger charge is 2.43. The molecule has 1 saturated carbocycles. The van der Waals surface area contributed by atoms with Gasteiger partial charge in [-0.15, -0.1) is 0 Å². The zero-order valence-electron chi connectivity index (χ0n) is 14.8. The third-order valence-corrected chi connectivity index (χ3v) is 5.43. The van der Waals surface area contributed by atoms with Crippen molar-refractivity contribution in [3.05, 3.63) is 29.8 Å². The summed E-state index contributed by atoms with van der Waals surface area (Å²) >= 11 is 0. The highest BCUT2D eigenvalue weighted by molar-refractivity contribution is 5.79. The molecule has 1 heterocycles. The van der Waals surface area contributed by atoms with E-state index in [4.69, 9.17) is 4.74 Å². The molecule has 1 saturated heterocycles. The van der Waals surface area contributed by atoms with Crippen molar-refractivity contribution in [2.45, 2.75) is 38.3 Å². The molecule has 6 heteroatoms. The van der Waals surface area contributed by atoms with Gasteiger partial charge in [-0.25, -0.2) is 0 Å². The van der Waals surface area contributed by atoms with E-state index < -0.39 is 0 Å². The molecular formula is C19H26N2O4. The van der Waals surface area contributed by atoms with Crippen LogP contribution in [0.1, 0.15) is 25.3 Å². The van der Waals surface area contributed by atoms with Crippen molar-refractivity contribution < 1.29 is 19.4 Å². The van der Waals surface area contributed by atoms with Crippen LogP contribution < -0.4 is 5.32 Å². The predicted molar refractivity (Wildman–Crippen MR) is 93.0 cm³/mol. The van der Waals surface area contributed by atoms with Crippen LogP contribution in [0.2, 0.25) is 0 Å². The SMILES string of the molecule is CO[C@@H]1C[C@H]2CN(C(=O)Cc3cccc(O)c3)C[C@H]2C[C@H]1NC(C)=O. The molecule has 2 N–H and O–H groups in total. The summed E-state index contributed by atoms with van der Waals surface area (Å²) in [5.41, 5.74) is 0.825. The number of hydrogen-bond donors (Lipinski definition) is 2. The Hall–Kier alpha value is -2.08. The summed E-state index contributed by atoms with van der Waals surface area (Å²) in [4.78, 5) is 26.0. The van der Waals surface area contributed by atoms with Crippen LogP contribution in [-0.2, 0) is 20.7 Å². The van der Waals surface area contributed by atoms with Crippen molar-refractivity contribution in [3.8, 4) is 5.75 Å². The van der Waals surface area contributed by atoms with Gasteiger partial charge in [-0.3, -0.25) is 9.59 Å². The first-order valence-corrected chi connectivity index (χ1v) is 8.82. The van der Waals surface area contributed by atoms with Gasteiger partial charge in [-0.2, -0.15) is 0 Å². The topological polar surface area (TPSA) is 78.9 Å². The number of phenolic OH excluding ortho intramolecular Hbond substituents is 1. The van der Waals surface area contributed by atoms with Gasteiger partial charge in [-0.05, 0) is 42.4 Å². The fourth-order valence-corrected chi connectivity index (χ4v) is 4.24. The van der Waals surface area contributed by atoms with Gasteiger partial charge in [0.15, 0.2) is 0 Å². The largest absolute Gasteiger partial charge is 0.508 e. The molecular weight excluding hydrogens is 320 g/mol. The standard InChI is InChI=1S/C19H26N2O4/c1-12(22)20-17-8-14-10-21(11-15(14)9-18(17)25-2)19(24)7-13-4-3-5-16(23)6-13/h3-6,14-15,17-18,23H,7-11H2,1-2H3,(H,20,22)/t14-,15+,17-,18-/m1/s1. The normalized spacial score (nSPS) is 28.5.